The number of carbonyl (C=O) groups excluding carboxylic acids is 1. The van der Waals surface area contributed by atoms with Gasteiger partial charge in [-0.25, -0.2) is 9.97 Å². The first-order valence-corrected chi connectivity index (χ1v) is 6.54. The number of nitrogens with one attached hydrogen (secondary N) is 2. The molecular weight excluding hydrogens is 252 g/mol. The quantitative estimate of drug-likeness (QED) is 0.798. The molecule has 1 saturated carbocycles. The van der Waals surface area contributed by atoms with Crippen molar-refractivity contribution >= 4 is 23.3 Å². The summed E-state index contributed by atoms with van der Waals surface area (Å²) in [4.78, 5) is 20.1. The van der Waals surface area contributed by atoms with Crippen LogP contribution in [-0.4, -0.2) is 28.5 Å². The Hall–Kier alpha value is -1.36. The van der Waals surface area contributed by atoms with Crippen molar-refractivity contribution in [1.29, 1.82) is 0 Å². The van der Waals surface area contributed by atoms with Gasteiger partial charge in [0.15, 0.2) is 0 Å². The molecule has 6 heteroatoms. The van der Waals surface area contributed by atoms with E-state index in [0.29, 0.717) is 29.3 Å². The van der Waals surface area contributed by atoms with Gasteiger partial charge in [0, 0.05) is 18.0 Å². The van der Waals surface area contributed by atoms with Gasteiger partial charge in [0.1, 0.15) is 16.8 Å². The molecule has 0 radical (unpaired) electrons. The van der Waals surface area contributed by atoms with Crippen molar-refractivity contribution in [3.63, 3.8) is 0 Å². The maximum Gasteiger partial charge on any atom is 0.239 e. The fourth-order valence-electron chi connectivity index (χ4n) is 1.53. The number of hydrogen-bond donors (Lipinski definition) is 2. The van der Waals surface area contributed by atoms with Gasteiger partial charge in [0.05, 0.1) is 6.54 Å². The molecule has 2 rings (SSSR count). The number of aromatic nitrogens is 2. The van der Waals surface area contributed by atoms with Crippen molar-refractivity contribution in [3.05, 3.63) is 16.5 Å². The van der Waals surface area contributed by atoms with E-state index in [9.17, 15) is 4.79 Å². The maximum atomic E-state index is 11.6. The summed E-state index contributed by atoms with van der Waals surface area (Å²) in [6.07, 6.45) is 2.89. The highest BCUT2D eigenvalue weighted by atomic mass is 35.5. The molecule has 0 atom stereocenters. The first-order chi connectivity index (χ1) is 8.60. The Bertz CT molecular complexity index is 460. The van der Waals surface area contributed by atoms with Crippen molar-refractivity contribution in [3.8, 4) is 0 Å². The van der Waals surface area contributed by atoms with Crippen molar-refractivity contribution in [1.82, 2.24) is 15.3 Å². The van der Waals surface area contributed by atoms with E-state index in [0.717, 1.165) is 18.4 Å². The average Bonchev–Trinajstić information content (AvgIpc) is 3.14. The lowest BCUT2D eigenvalue weighted by molar-refractivity contribution is -0.119. The molecule has 18 heavy (non-hydrogen) atoms. The second-order valence-electron chi connectivity index (χ2n) is 4.45. The third-order valence-electron chi connectivity index (χ3n) is 2.81. The molecule has 1 aromatic heterocycles. The minimum atomic E-state index is -0.00955. The first kappa shape index (κ1) is 13.1. The van der Waals surface area contributed by atoms with Crippen molar-refractivity contribution in [2.24, 2.45) is 0 Å². The summed E-state index contributed by atoms with van der Waals surface area (Å²) < 4.78 is 0. The molecule has 98 valence electrons. The van der Waals surface area contributed by atoms with E-state index in [1.807, 2.05) is 13.8 Å². The van der Waals surface area contributed by atoms with Gasteiger partial charge in [-0.1, -0.05) is 18.5 Å². The zero-order valence-corrected chi connectivity index (χ0v) is 11.3. The Kier molecular flexibility index (Phi) is 4.01. The summed E-state index contributed by atoms with van der Waals surface area (Å²) in [5.41, 5.74) is 0.771. The number of aryl methyl sites for hydroxylation is 1. The summed E-state index contributed by atoms with van der Waals surface area (Å²) in [6, 6.07) is 0.376. The van der Waals surface area contributed by atoms with E-state index in [4.69, 9.17) is 11.6 Å². The van der Waals surface area contributed by atoms with Crippen LogP contribution in [0, 0.1) is 6.92 Å². The number of nitrogens with zero attached hydrogens (tertiary/aromatic N) is 2. The van der Waals surface area contributed by atoms with Gasteiger partial charge in [-0.3, -0.25) is 4.79 Å². The summed E-state index contributed by atoms with van der Waals surface area (Å²) in [7, 11) is 0. The Labute approximate surface area is 111 Å². The van der Waals surface area contributed by atoms with Gasteiger partial charge in [-0.2, -0.15) is 0 Å². The Balaban J connectivity index is 1.98. The van der Waals surface area contributed by atoms with Crippen LogP contribution in [0.4, 0.5) is 5.82 Å². The molecule has 0 unspecified atom stereocenters. The van der Waals surface area contributed by atoms with E-state index >= 15 is 0 Å². The molecule has 1 aliphatic carbocycles. The van der Waals surface area contributed by atoms with Crippen molar-refractivity contribution < 1.29 is 4.79 Å². The van der Waals surface area contributed by atoms with Crippen LogP contribution in [0.3, 0.4) is 0 Å². The normalized spacial score (nSPS) is 14.4. The van der Waals surface area contributed by atoms with Crippen LogP contribution in [0.5, 0.6) is 0 Å². The molecular formula is C12H17ClN4O. The lowest BCUT2D eigenvalue weighted by Gasteiger charge is -2.10. The molecule has 0 aliphatic heterocycles. The average molecular weight is 269 g/mol. The number of rotatable bonds is 5. The van der Waals surface area contributed by atoms with Crippen LogP contribution in [0.25, 0.3) is 0 Å². The second kappa shape index (κ2) is 5.52. The molecule has 0 bridgehead atoms. The molecule has 0 saturated heterocycles. The topological polar surface area (TPSA) is 66.9 Å². The van der Waals surface area contributed by atoms with Gasteiger partial charge in [-0.05, 0) is 19.8 Å². The fourth-order valence-corrected chi connectivity index (χ4v) is 1.72. The second-order valence-corrected chi connectivity index (χ2v) is 4.81. The van der Waals surface area contributed by atoms with E-state index < -0.39 is 0 Å². The highest BCUT2D eigenvalue weighted by Crippen LogP contribution is 2.20. The summed E-state index contributed by atoms with van der Waals surface area (Å²) >= 11 is 6.02. The highest BCUT2D eigenvalue weighted by molar-refractivity contribution is 6.30. The summed E-state index contributed by atoms with van der Waals surface area (Å²) in [5.74, 6) is 1.30. The predicted molar refractivity (Wildman–Crippen MR) is 70.8 cm³/mol. The van der Waals surface area contributed by atoms with Crippen LogP contribution in [-0.2, 0) is 11.2 Å². The SMILES string of the molecule is CCc1nc(Cl)c(C)c(NCC(=O)NC2CC2)n1. The summed E-state index contributed by atoms with van der Waals surface area (Å²) in [6.45, 7) is 4.02. The van der Waals surface area contributed by atoms with Crippen LogP contribution < -0.4 is 10.6 Å². The largest absolute Gasteiger partial charge is 0.361 e. The van der Waals surface area contributed by atoms with Gasteiger partial charge >= 0.3 is 0 Å². The molecule has 0 aromatic carbocycles. The number of halogens is 1. The number of anilines is 1. The lowest BCUT2D eigenvalue weighted by Crippen LogP contribution is -2.31. The minimum absolute atomic E-state index is 0.00955. The molecule has 1 heterocycles. The van der Waals surface area contributed by atoms with Crippen molar-refractivity contribution in [2.75, 3.05) is 11.9 Å². The highest BCUT2D eigenvalue weighted by Gasteiger charge is 2.23. The predicted octanol–water partition coefficient (Wildman–Crippen LogP) is 1.69. The van der Waals surface area contributed by atoms with E-state index in [1.165, 1.54) is 0 Å². The van der Waals surface area contributed by atoms with Crippen LogP contribution in [0.2, 0.25) is 5.15 Å². The first-order valence-electron chi connectivity index (χ1n) is 6.16. The molecule has 1 amide bonds. The maximum absolute atomic E-state index is 11.6. The molecule has 0 spiro atoms. The third-order valence-corrected chi connectivity index (χ3v) is 3.18. The molecule has 5 nitrogen and oxygen atoms in total. The number of hydrogen-bond acceptors (Lipinski definition) is 4. The van der Waals surface area contributed by atoms with E-state index in [2.05, 4.69) is 20.6 Å². The monoisotopic (exact) mass is 268 g/mol. The molecule has 2 N–H and O–H groups in total. The van der Waals surface area contributed by atoms with Gasteiger partial charge in [0.25, 0.3) is 0 Å². The molecule has 1 fully saturated rings. The number of carbonyl (C=O) groups is 1. The zero-order valence-electron chi connectivity index (χ0n) is 10.6. The Morgan fingerprint density at radius 2 is 2.17 bits per heavy atom. The van der Waals surface area contributed by atoms with Crippen LogP contribution >= 0.6 is 11.6 Å². The van der Waals surface area contributed by atoms with Crippen molar-refractivity contribution in [2.45, 2.75) is 39.2 Å². The lowest BCUT2D eigenvalue weighted by atomic mass is 10.3. The van der Waals surface area contributed by atoms with Gasteiger partial charge in [0.2, 0.25) is 5.91 Å². The fraction of sp³-hybridized carbons (Fsp3) is 0.583. The molecule has 1 aliphatic rings. The number of amides is 1. The molecule has 1 aromatic rings. The van der Waals surface area contributed by atoms with Crippen LogP contribution in [0.15, 0.2) is 0 Å². The smallest absolute Gasteiger partial charge is 0.239 e. The van der Waals surface area contributed by atoms with E-state index in [-0.39, 0.29) is 12.5 Å². The Morgan fingerprint density at radius 1 is 1.44 bits per heavy atom. The zero-order chi connectivity index (χ0) is 13.1. The minimum Gasteiger partial charge on any atom is -0.361 e. The Morgan fingerprint density at radius 3 is 2.78 bits per heavy atom. The van der Waals surface area contributed by atoms with Gasteiger partial charge < -0.3 is 10.6 Å². The van der Waals surface area contributed by atoms with E-state index in [1.54, 1.807) is 0 Å². The summed E-state index contributed by atoms with van der Waals surface area (Å²) in [5, 5.41) is 6.36. The van der Waals surface area contributed by atoms with Crippen LogP contribution in [0.1, 0.15) is 31.2 Å². The third kappa shape index (κ3) is 3.32. The van der Waals surface area contributed by atoms with Gasteiger partial charge in [-0.15, -0.1) is 0 Å². The standard InChI is InChI=1S/C12H17ClN4O/c1-3-9-16-11(13)7(2)12(17-9)14-6-10(18)15-8-4-5-8/h8H,3-6H2,1-2H3,(H,15,18)(H,14,16,17).